The first-order valence-corrected chi connectivity index (χ1v) is 6.37. The van der Waals surface area contributed by atoms with Gasteiger partial charge in [0, 0.05) is 19.3 Å². The fourth-order valence-electron chi connectivity index (χ4n) is 1.44. The molecule has 5 heteroatoms. The van der Waals surface area contributed by atoms with Crippen LogP contribution in [0.1, 0.15) is 32.6 Å². The molecule has 0 bridgehead atoms. The highest BCUT2D eigenvalue weighted by molar-refractivity contribution is 5.39. The standard InChI is InChI=1S/C12H23N5/c1-2-8-15-12-16-10-6-11(17-12)14-9-5-3-4-7-13/h6,10H,2-5,7-9,13H2,1H3,(H2,14,15,16,17). The van der Waals surface area contributed by atoms with Crippen LogP contribution in [-0.2, 0) is 0 Å². The van der Waals surface area contributed by atoms with Crippen molar-refractivity contribution in [2.75, 3.05) is 30.3 Å². The van der Waals surface area contributed by atoms with Crippen molar-refractivity contribution in [1.29, 1.82) is 0 Å². The fourth-order valence-corrected chi connectivity index (χ4v) is 1.44. The Morgan fingerprint density at radius 3 is 2.82 bits per heavy atom. The minimum absolute atomic E-state index is 0.693. The van der Waals surface area contributed by atoms with Crippen molar-refractivity contribution in [3.63, 3.8) is 0 Å². The highest BCUT2D eigenvalue weighted by Gasteiger charge is 1.97. The molecule has 0 aliphatic rings. The predicted octanol–water partition coefficient (Wildman–Crippen LogP) is 1.84. The summed E-state index contributed by atoms with van der Waals surface area (Å²) in [4.78, 5) is 8.53. The zero-order valence-electron chi connectivity index (χ0n) is 10.6. The normalized spacial score (nSPS) is 10.2. The maximum atomic E-state index is 5.44. The van der Waals surface area contributed by atoms with Gasteiger partial charge >= 0.3 is 0 Å². The van der Waals surface area contributed by atoms with E-state index in [2.05, 4.69) is 27.5 Å². The van der Waals surface area contributed by atoms with Gasteiger partial charge in [-0.25, -0.2) is 4.98 Å². The summed E-state index contributed by atoms with van der Waals surface area (Å²) < 4.78 is 0. The van der Waals surface area contributed by atoms with Crippen LogP contribution >= 0.6 is 0 Å². The Balaban J connectivity index is 2.27. The third-order valence-corrected chi connectivity index (χ3v) is 2.38. The number of anilines is 2. The molecule has 1 heterocycles. The average molecular weight is 237 g/mol. The van der Waals surface area contributed by atoms with E-state index in [0.717, 1.165) is 51.1 Å². The van der Waals surface area contributed by atoms with Gasteiger partial charge in [0.2, 0.25) is 5.95 Å². The monoisotopic (exact) mass is 237 g/mol. The molecule has 0 saturated carbocycles. The third-order valence-electron chi connectivity index (χ3n) is 2.38. The Bertz CT molecular complexity index is 303. The molecule has 5 nitrogen and oxygen atoms in total. The van der Waals surface area contributed by atoms with Gasteiger partial charge in [-0.15, -0.1) is 0 Å². The lowest BCUT2D eigenvalue weighted by Gasteiger charge is -2.07. The number of unbranched alkanes of at least 4 members (excludes halogenated alkanes) is 2. The molecular weight excluding hydrogens is 214 g/mol. The molecule has 1 aromatic rings. The van der Waals surface area contributed by atoms with E-state index < -0.39 is 0 Å². The zero-order valence-corrected chi connectivity index (χ0v) is 10.6. The van der Waals surface area contributed by atoms with Crippen molar-refractivity contribution in [2.45, 2.75) is 32.6 Å². The van der Waals surface area contributed by atoms with Crippen LogP contribution in [0.5, 0.6) is 0 Å². The minimum atomic E-state index is 0.693. The quantitative estimate of drug-likeness (QED) is 0.571. The lowest BCUT2D eigenvalue weighted by atomic mass is 10.2. The molecule has 0 atom stereocenters. The van der Waals surface area contributed by atoms with E-state index in [1.54, 1.807) is 6.20 Å². The molecule has 0 aliphatic heterocycles. The van der Waals surface area contributed by atoms with E-state index in [1.165, 1.54) is 0 Å². The summed E-state index contributed by atoms with van der Waals surface area (Å²) >= 11 is 0. The summed E-state index contributed by atoms with van der Waals surface area (Å²) in [6, 6.07) is 1.89. The SMILES string of the molecule is CCCNc1nccc(NCCCCCN)n1. The number of nitrogens with two attached hydrogens (primary N) is 1. The van der Waals surface area contributed by atoms with Crippen LogP contribution in [0.15, 0.2) is 12.3 Å². The summed E-state index contributed by atoms with van der Waals surface area (Å²) in [6.07, 6.45) is 6.22. The number of hydrogen-bond donors (Lipinski definition) is 3. The Hall–Kier alpha value is -1.36. The highest BCUT2D eigenvalue weighted by Crippen LogP contribution is 2.06. The van der Waals surface area contributed by atoms with Crippen LogP contribution in [0.2, 0.25) is 0 Å². The van der Waals surface area contributed by atoms with E-state index in [4.69, 9.17) is 5.73 Å². The molecule has 0 fully saturated rings. The number of nitrogens with one attached hydrogen (secondary N) is 2. The summed E-state index contributed by atoms with van der Waals surface area (Å²) in [6.45, 7) is 4.73. The molecule has 1 rings (SSSR count). The van der Waals surface area contributed by atoms with Crippen LogP contribution in [0.25, 0.3) is 0 Å². The molecule has 0 radical (unpaired) electrons. The van der Waals surface area contributed by atoms with E-state index in [9.17, 15) is 0 Å². The van der Waals surface area contributed by atoms with Gasteiger partial charge in [-0.2, -0.15) is 4.98 Å². The van der Waals surface area contributed by atoms with Crippen molar-refractivity contribution in [2.24, 2.45) is 5.73 Å². The second kappa shape index (κ2) is 8.75. The molecule has 1 aromatic heterocycles. The van der Waals surface area contributed by atoms with Crippen LogP contribution < -0.4 is 16.4 Å². The predicted molar refractivity (Wildman–Crippen MR) is 72.2 cm³/mol. The van der Waals surface area contributed by atoms with Crippen molar-refractivity contribution < 1.29 is 0 Å². The smallest absolute Gasteiger partial charge is 0.224 e. The van der Waals surface area contributed by atoms with E-state index in [-0.39, 0.29) is 0 Å². The zero-order chi connectivity index (χ0) is 12.3. The Morgan fingerprint density at radius 2 is 2.06 bits per heavy atom. The summed E-state index contributed by atoms with van der Waals surface area (Å²) in [5, 5.41) is 6.46. The first-order chi connectivity index (χ1) is 8.36. The van der Waals surface area contributed by atoms with Crippen LogP contribution in [0, 0.1) is 0 Å². The Morgan fingerprint density at radius 1 is 1.18 bits per heavy atom. The second-order valence-corrected chi connectivity index (χ2v) is 3.97. The molecule has 0 aliphatic carbocycles. The summed E-state index contributed by atoms with van der Waals surface area (Å²) in [7, 11) is 0. The third kappa shape index (κ3) is 6.06. The lowest BCUT2D eigenvalue weighted by molar-refractivity contribution is 0.706. The van der Waals surface area contributed by atoms with Crippen molar-refractivity contribution in [1.82, 2.24) is 9.97 Å². The number of aromatic nitrogens is 2. The highest BCUT2D eigenvalue weighted by atomic mass is 15.1. The van der Waals surface area contributed by atoms with Crippen molar-refractivity contribution >= 4 is 11.8 Å². The van der Waals surface area contributed by atoms with Crippen molar-refractivity contribution in [3.05, 3.63) is 12.3 Å². The minimum Gasteiger partial charge on any atom is -0.370 e. The van der Waals surface area contributed by atoms with Crippen LogP contribution in [0.3, 0.4) is 0 Å². The van der Waals surface area contributed by atoms with Gasteiger partial charge in [-0.05, 0) is 31.9 Å². The summed E-state index contributed by atoms with van der Waals surface area (Å²) in [5.41, 5.74) is 5.44. The molecule has 4 N–H and O–H groups in total. The van der Waals surface area contributed by atoms with E-state index in [0.29, 0.717) is 5.95 Å². The van der Waals surface area contributed by atoms with Gasteiger partial charge < -0.3 is 16.4 Å². The topological polar surface area (TPSA) is 75.9 Å². The maximum Gasteiger partial charge on any atom is 0.224 e. The molecule has 96 valence electrons. The number of rotatable bonds is 9. The van der Waals surface area contributed by atoms with E-state index in [1.807, 2.05) is 6.07 Å². The van der Waals surface area contributed by atoms with Gasteiger partial charge in [0.15, 0.2) is 0 Å². The van der Waals surface area contributed by atoms with Gasteiger partial charge in [0.05, 0.1) is 0 Å². The molecule has 0 amide bonds. The average Bonchev–Trinajstić information content (AvgIpc) is 2.37. The first kappa shape index (κ1) is 13.7. The Labute approximate surface area is 103 Å². The molecular formula is C12H23N5. The first-order valence-electron chi connectivity index (χ1n) is 6.37. The molecule has 0 spiro atoms. The molecule has 17 heavy (non-hydrogen) atoms. The maximum absolute atomic E-state index is 5.44. The van der Waals surface area contributed by atoms with Crippen molar-refractivity contribution in [3.8, 4) is 0 Å². The molecule has 0 aromatic carbocycles. The van der Waals surface area contributed by atoms with Gasteiger partial charge in [-0.3, -0.25) is 0 Å². The fraction of sp³-hybridized carbons (Fsp3) is 0.667. The number of nitrogens with zero attached hydrogens (tertiary/aromatic N) is 2. The summed E-state index contributed by atoms with van der Waals surface area (Å²) in [5.74, 6) is 1.57. The van der Waals surface area contributed by atoms with Gasteiger partial charge in [0.25, 0.3) is 0 Å². The second-order valence-electron chi connectivity index (χ2n) is 3.97. The van der Waals surface area contributed by atoms with Gasteiger partial charge in [-0.1, -0.05) is 13.3 Å². The molecule has 0 unspecified atom stereocenters. The lowest BCUT2D eigenvalue weighted by Crippen LogP contribution is -2.08. The molecule has 0 saturated heterocycles. The Kier molecular flexibility index (Phi) is 7.06. The van der Waals surface area contributed by atoms with Crippen LogP contribution in [-0.4, -0.2) is 29.6 Å². The van der Waals surface area contributed by atoms with E-state index >= 15 is 0 Å². The van der Waals surface area contributed by atoms with Gasteiger partial charge in [0.1, 0.15) is 5.82 Å². The number of hydrogen-bond acceptors (Lipinski definition) is 5. The largest absolute Gasteiger partial charge is 0.370 e. The van der Waals surface area contributed by atoms with Crippen LogP contribution in [0.4, 0.5) is 11.8 Å².